The van der Waals surface area contributed by atoms with E-state index >= 15 is 0 Å². The van der Waals surface area contributed by atoms with E-state index in [0.29, 0.717) is 0 Å². The summed E-state index contributed by atoms with van der Waals surface area (Å²) in [4.78, 5) is 4.08. The van der Waals surface area contributed by atoms with Crippen molar-refractivity contribution in [2.24, 2.45) is 5.41 Å². The lowest BCUT2D eigenvalue weighted by Gasteiger charge is -2.33. The zero-order valence-corrected chi connectivity index (χ0v) is 8.92. The average Bonchev–Trinajstić information content (AvgIpc) is 2.34. The Hall–Kier alpha value is -0.790. The highest BCUT2D eigenvalue weighted by Gasteiger charge is 2.11. The van der Waals surface area contributed by atoms with Gasteiger partial charge in [-0.3, -0.25) is 0 Å². The number of oxazole rings is 1. The van der Waals surface area contributed by atoms with Gasteiger partial charge in [0.25, 0.3) is 0 Å². The van der Waals surface area contributed by atoms with Crippen molar-refractivity contribution < 1.29 is 4.42 Å². The molecule has 13 heavy (non-hydrogen) atoms. The van der Waals surface area contributed by atoms with Crippen molar-refractivity contribution in [2.75, 3.05) is 0 Å². The van der Waals surface area contributed by atoms with Gasteiger partial charge < -0.3 is 10.8 Å². The first-order valence-electron chi connectivity index (χ1n) is 4.79. The van der Waals surface area contributed by atoms with Gasteiger partial charge in [-0.05, 0) is 6.42 Å². The molecule has 1 aromatic heterocycles. The van der Waals surface area contributed by atoms with Crippen LogP contribution in [-0.4, -0.2) is 4.98 Å². The van der Waals surface area contributed by atoms with Crippen LogP contribution in [0.4, 0.5) is 0 Å². The van der Waals surface area contributed by atoms with E-state index in [1.54, 1.807) is 0 Å². The van der Waals surface area contributed by atoms with Gasteiger partial charge in [-0.25, -0.2) is 4.98 Å². The first-order chi connectivity index (χ1) is 6.03. The summed E-state index contributed by atoms with van der Waals surface area (Å²) >= 11 is 0. The summed E-state index contributed by atoms with van der Waals surface area (Å²) in [6.07, 6.45) is 6.16. The van der Waals surface area contributed by atoms with E-state index in [0.717, 1.165) is 24.5 Å². The molecule has 0 saturated carbocycles. The van der Waals surface area contributed by atoms with Crippen LogP contribution in [-0.2, 0) is 6.42 Å². The quantitative estimate of drug-likeness (QED) is 0.665. The molecule has 0 aliphatic rings. The van der Waals surface area contributed by atoms with Crippen molar-refractivity contribution in [3.05, 3.63) is 24.3 Å². The van der Waals surface area contributed by atoms with Crippen molar-refractivity contribution in [2.45, 2.75) is 40.5 Å². The first kappa shape index (κ1) is 10.3. The molecule has 0 aliphatic heterocycles. The van der Waals surface area contributed by atoms with E-state index in [1.165, 1.54) is 0 Å². The molecule has 0 unspecified atom stereocenters. The Balaban J connectivity index is 2.57. The zero-order chi connectivity index (χ0) is 9.90. The molecule has 0 radical (unpaired) electrons. The molecule has 1 aromatic rings. The highest BCUT2D eigenvalue weighted by Crippen LogP contribution is 2.26. The molecule has 0 aliphatic carbocycles. The van der Waals surface area contributed by atoms with Crippen LogP contribution in [0.3, 0.4) is 0 Å². The largest absolute Gasteiger partial charge is 0.446 e. The smallest absolute Gasteiger partial charge is 0.191 e. The summed E-state index contributed by atoms with van der Waals surface area (Å²) in [5, 5.41) is 0. The fourth-order valence-electron chi connectivity index (χ4n) is 1.56. The summed E-state index contributed by atoms with van der Waals surface area (Å²) in [5.41, 5.74) is 0.209. The molecule has 1 rings (SSSR count). The lowest BCUT2D eigenvalue weighted by atomic mass is 9.84. The van der Waals surface area contributed by atoms with Crippen LogP contribution in [0.1, 0.15) is 38.8 Å². The lowest BCUT2D eigenvalue weighted by Crippen LogP contribution is -2.14. The van der Waals surface area contributed by atoms with Gasteiger partial charge in [0.05, 0.1) is 6.20 Å². The van der Waals surface area contributed by atoms with Crippen molar-refractivity contribution in [3.63, 3.8) is 0 Å². The Morgan fingerprint density at radius 3 is 2.69 bits per heavy atom. The van der Waals surface area contributed by atoms with Gasteiger partial charge in [-0.2, -0.15) is 11.8 Å². The predicted molar refractivity (Wildman–Crippen MR) is 53.3 cm³/mol. The summed E-state index contributed by atoms with van der Waals surface area (Å²) in [6, 6.07) is 0. The van der Waals surface area contributed by atoms with Gasteiger partial charge in [-0.1, -0.05) is 20.8 Å². The topological polar surface area (TPSA) is 26.0 Å². The molecular weight excluding hydrogens is 162 g/mol. The maximum Gasteiger partial charge on any atom is 0.191 e. The monoisotopic (exact) mass is 180 g/mol. The first-order valence-corrected chi connectivity index (χ1v) is 4.79. The van der Waals surface area contributed by atoms with Crippen molar-refractivity contribution in [3.8, 4) is 0 Å². The highest BCUT2D eigenvalue weighted by atomic mass is 16.3. The molecule has 0 amide bonds. The number of aryl methyl sites for hydroxylation is 1. The van der Waals surface area contributed by atoms with Crippen LogP contribution in [0, 0.1) is 18.8 Å². The Bertz CT molecular complexity index is 263. The third-order valence-corrected chi connectivity index (χ3v) is 2.06. The van der Waals surface area contributed by atoms with Gasteiger partial charge >= 0.3 is 0 Å². The summed E-state index contributed by atoms with van der Waals surface area (Å²) in [7, 11) is 0. The molecule has 0 bridgehead atoms. The molecule has 74 valence electrons. The minimum atomic E-state index is 0.209. The number of hydrogen-bond acceptors (Lipinski definition) is 2. The normalized spacial score (nSPS) is 12.0. The standard InChI is InChI=1S/C11H18NO/c1-5-6-11(3,4)7-10-8-12-9(2)13-10/h6,8H,5,7H2,1-4H3/q-1. The molecule has 0 atom stereocenters. The van der Waals surface area contributed by atoms with E-state index < -0.39 is 0 Å². The van der Waals surface area contributed by atoms with E-state index in [1.807, 2.05) is 13.1 Å². The number of hydrogen-bond donors (Lipinski definition) is 0. The van der Waals surface area contributed by atoms with Crippen molar-refractivity contribution in [1.82, 2.24) is 4.98 Å². The summed E-state index contributed by atoms with van der Waals surface area (Å²) in [6.45, 7) is 8.47. The van der Waals surface area contributed by atoms with Crippen LogP contribution in [0.15, 0.2) is 10.6 Å². The van der Waals surface area contributed by atoms with Crippen LogP contribution >= 0.6 is 0 Å². The summed E-state index contributed by atoms with van der Waals surface area (Å²) < 4.78 is 5.43. The Morgan fingerprint density at radius 1 is 1.54 bits per heavy atom. The van der Waals surface area contributed by atoms with Gasteiger partial charge in [0.1, 0.15) is 5.76 Å². The van der Waals surface area contributed by atoms with Gasteiger partial charge in [0.2, 0.25) is 0 Å². The number of rotatable bonds is 4. The third-order valence-electron chi connectivity index (χ3n) is 2.06. The fourth-order valence-corrected chi connectivity index (χ4v) is 1.56. The summed E-state index contributed by atoms with van der Waals surface area (Å²) in [5.74, 6) is 1.73. The molecule has 1 heterocycles. The fraction of sp³-hybridized carbons (Fsp3) is 0.636. The maximum atomic E-state index is 5.43. The molecule has 0 aromatic carbocycles. The van der Waals surface area contributed by atoms with Gasteiger partial charge in [0, 0.05) is 6.92 Å². The predicted octanol–water partition coefficient (Wildman–Crippen LogP) is 3.17. The minimum Gasteiger partial charge on any atom is -0.446 e. The number of aromatic nitrogens is 1. The van der Waals surface area contributed by atoms with Crippen LogP contribution in [0.25, 0.3) is 0 Å². The van der Waals surface area contributed by atoms with E-state index in [4.69, 9.17) is 4.42 Å². The Kier molecular flexibility index (Phi) is 3.12. The second kappa shape index (κ2) is 3.95. The molecular formula is C11H18NO-. The molecule has 0 fully saturated rings. The molecule has 0 saturated heterocycles. The maximum absolute atomic E-state index is 5.43. The molecule has 2 heteroatoms. The van der Waals surface area contributed by atoms with Gasteiger partial charge in [0.15, 0.2) is 5.89 Å². The average molecular weight is 180 g/mol. The lowest BCUT2D eigenvalue weighted by molar-refractivity contribution is 0.365. The van der Waals surface area contributed by atoms with E-state index in [2.05, 4.69) is 32.2 Å². The van der Waals surface area contributed by atoms with E-state index in [-0.39, 0.29) is 5.41 Å². The zero-order valence-electron chi connectivity index (χ0n) is 8.92. The third kappa shape index (κ3) is 3.21. The Labute approximate surface area is 80.4 Å². The second-order valence-electron chi connectivity index (χ2n) is 4.12. The molecule has 2 nitrogen and oxygen atoms in total. The second-order valence-corrected chi connectivity index (χ2v) is 4.12. The molecule has 0 N–H and O–H groups in total. The SMILES string of the molecule is CC[CH-]C(C)(C)Cc1cnc(C)o1. The van der Waals surface area contributed by atoms with E-state index in [9.17, 15) is 0 Å². The van der Waals surface area contributed by atoms with Crippen molar-refractivity contribution in [1.29, 1.82) is 0 Å². The van der Waals surface area contributed by atoms with Crippen LogP contribution in [0.5, 0.6) is 0 Å². The molecule has 0 spiro atoms. The number of nitrogens with zero attached hydrogens (tertiary/aromatic N) is 1. The van der Waals surface area contributed by atoms with Crippen LogP contribution in [0.2, 0.25) is 0 Å². The van der Waals surface area contributed by atoms with Gasteiger partial charge in [-0.15, -0.1) is 0 Å². The van der Waals surface area contributed by atoms with Crippen molar-refractivity contribution >= 4 is 0 Å². The Morgan fingerprint density at radius 2 is 2.23 bits per heavy atom. The minimum absolute atomic E-state index is 0.209. The highest BCUT2D eigenvalue weighted by molar-refractivity contribution is 5.00. The van der Waals surface area contributed by atoms with Crippen LogP contribution < -0.4 is 0 Å².